The Morgan fingerprint density at radius 3 is 2.23 bits per heavy atom. The fraction of sp³-hybridized carbons (Fsp3) is 0.333. The van der Waals surface area contributed by atoms with Gasteiger partial charge in [-0.3, -0.25) is 9.59 Å². The van der Waals surface area contributed by atoms with E-state index in [1.807, 2.05) is 54.0 Å². The van der Waals surface area contributed by atoms with Crippen molar-refractivity contribution < 1.29 is 23.8 Å². The van der Waals surface area contributed by atoms with E-state index >= 15 is 0 Å². The highest BCUT2D eigenvalue weighted by molar-refractivity contribution is 6.05. The van der Waals surface area contributed by atoms with Crippen molar-refractivity contribution in [2.45, 2.75) is 32.5 Å². The second-order valence-electron chi connectivity index (χ2n) is 7.92. The van der Waals surface area contributed by atoms with Crippen molar-refractivity contribution in [3.63, 3.8) is 0 Å². The molecule has 1 aromatic heterocycles. The average molecular weight is 422 g/mol. The first-order chi connectivity index (χ1) is 14.8. The minimum Gasteiger partial charge on any atom is -0.497 e. The van der Waals surface area contributed by atoms with Gasteiger partial charge >= 0.3 is 0 Å². The number of benzene rings is 2. The van der Waals surface area contributed by atoms with Crippen molar-refractivity contribution in [2.75, 3.05) is 21.3 Å². The number of ether oxygens (including phenoxy) is 3. The highest BCUT2D eigenvalue weighted by Gasteiger charge is 2.46. The van der Waals surface area contributed by atoms with Crippen LogP contribution in [0.25, 0.3) is 10.9 Å². The van der Waals surface area contributed by atoms with E-state index in [1.54, 1.807) is 26.2 Å². The van der Waals surface area contributed by atoms with Gasteiger partial charge in [-0.05, 0) is 49.7 Å². The molecule has 1 amide bonds. The summed E-state index contributed by atoms with van der Waals surface area (Å²) in [6.07, 6.45) is 0. The molecule has 3 aromatic rings. The maximum Gasteiger partial charge on any atom is 0.271 e. The first kappa shape index (κ1) is 20.8. The van der Waals surface area contributed by atoms with Crippen LogP contribution in [-0.2, 0) is 17.9 Å². The number of nitrogens with zero attached hydrogens (tertiary/aromatic N) is 2. The van der Waals surface area contributed by atoms with Gasteiger partial charge in [0.1, 0.15) is 28.5 Å². The first-order valence-electron chi connectivity index (χ1n) is 10.0. The molecule has 7 heteroatoms. The number of methoxy groups -OCH3 is 3. The molecule has 162 valence electrons. The monoisotopic (exact) mass is 422 g/mol. The predicted octanol–water partition coefficient (Wildman–Crippen LogP) is 3.67. The Morgan fingerprint density at radius 2 is 1.65 bits per heavy atom. The normalized spacial score (nSPS) is 18.1. The van der Waals surface area contributed by atoms with Crippen LogP contribution < -0.4 is 14.2 Å². The lowest BCUT2D eigenvalue weighted by Crippen LogP contribution is -2.59. The molecule has 0 saturated carbocycles. The van der Waals surface area contributed by atoms with Crippen molar-refractivity contribution in [1.82, 2.24) is 9.47 Å². The number of hydrogen-bond donors (Lipinski definition) is 0. The quantitative estimate of drug-likeness (QED) is 0.606. The number of carbonyl (C=O) groups is 2. The van der Waals surface area contributed by atoms with Crippen LogP contribution in [-0.4, -0.2) is 48.0 Å². The van der Waals surface area contributed by atoms with Gasteiger partial charge in [0.2, 0.25) is 0 Å². The Hall–Kier alpha value is -3.48. The third-order valence-corrected chi connectivity index (χ3v) is 6.21. The molecule has 0 spiro atoms. The molecule has 31 heavy (non-hydrogen) atoms. The fourth-order valence-corrected chi connectivity index (χ4v) is 4.22. The lowest BCUT2D eigenvalue weighted by molar-refractivity contribution is -0.128. The minimum absolute atomic E-state index is 0.0799. The van der Waals surface area contributed by atoms with Crippen molar-refractivity contribution in [2.24, 2.45) is 0 Å². The van der Waals surface area contributed by atoms with Gasteiger partial charge in [0.05, 0.1) is 33.4 Å². The van der Waals surface area contributed by atoms with Gasteiger partial charge in [0.25, 0.3) is 5.91 Å². The van der Waals surface area contributed by atoms with Crippen LogP contribution in [0.4, 0.5) is 0 Å². The number of ketones is 1. The van der Waals surface area contributed by atoms with Crippen LogP contribution in [0.1, 0.15) is 29.9 Å². The van der Waals surface area contributed by atoms with Crippen LogP contribution in [0.5, 0.6) is 17.2 Å². The summed E-state index contributed by atoms with van der Waals surface area (Å²) in [5.74, 6) is 1.73. The zero-order valence-corrected chi connectivity index (χ0v) is 18.4. The molecule has 0 aliphatic carbocycles. The van der Waals surface area contributed by atoms with E-state index in [-0.39, 0.29) is 11.7 Å². The van der Waals surface area contributed by atoms with E-state index < -0.39 is 5.54 Å². The summed E-state index contributed by atoms with van der Waals surface area (Å²) in [4.78, 5) is 28.2. The van der Waals surface area contributed by atoms with Crippen LogP contribution in [0.15, 0.2) is 42.5 Å². The lowest BCUT2D eigenvalue weighted by atomic mass is 9.91. The molecule has 2 aromatic carbocycles. The fourth-order valence-electron chi connectivity index (χ4n) is 4.22. The highest BCUT2D eigenvalue weighted by atomic mass is 16.5. The van der Waals surface area contributed by atoms with Gasteiger partial charge < -0.3 is 23.7 Å². The van der Waals surface area contributed by atoms with Crippen LogP contribution in [0.2, 0.25) is 0 Å². The predicted molar refractivity (Wildman–Crippen MR) is 117 cm³/mol. The summed E-state index contributed by atoms with van der Waals surface area (Å²) in [5.41, 5.74) is 1.16. The van der Waals surface area contributed by atoms with E-state index in [9.17, 15) is 9.59 Å². The van der Waals surface area contributed by atoms with E-state index in [0.29, 0.717) is 30.3 Å². The molecule has 0 N–H and O–H groups in total. The number of rotatable bonds is 6. The third kappa shape index (κ3) is 3.21. The van der Waals surface area contributed by atoms with Gasteiger partial charge in [-0.15, -0.1) is 0 Å². The zero-order chi connectivity index (χ0) is 22.3. The summed E-state index contributed by atoms with van der Waals surface area (Å²) in [6.45, 7) is 3.99. The highest BCUT2D eigenvalue weighted by Crippen LogP contribution is 2.40. The van der Waals surface area contributed by atoms with Gasteiger partial charge in [-0.25, -0.2) is 0 Å². The summed E-state index contributed by atoms with van der Waals surface area (Å²) in [5, 5.41) is 0.780. The molecule has 0 bridgehead atoms. The van der Waals surface area contributed by atoms with Crippen LogP contribution in [0, 0.1) is 0 Å². The molecular formula is C24H26N2O5. The van der Waals surface area contributed by atoms with E-state index in [1.165, 1.54) is 6.92 Å². The number of Topliss-reactive ketones (excluding diaryl/α,β-unsaturated/α-hetero) is 1. The number of fused-ring (bicyclic) bond motifs is 3. The van der Waals surface area contributed by atoms with Crippen molar-refractivity contribution >= 4 is 22.6 Å². The van der Waals surface area contributed by atoms with Crippen LogP contribution >= 0.6 is 0 Å². The van der Waals surface area contributed by atoms with Gasteiger partial charge in [0, 0.05) is 11.9 Å². The maximum absolute atomic E-state index is 13.7. The average Bonchev–Trinajstić information content (AvgIpc) is 3.16. The molecule has 0 radical (unpaired) electrons. The number of carbonyl (C=O) groups excluding carboxylic acids is 2. The standard InChI is InChI=1S/C24H26N2O5/c1-15(27)24(2)14-25-19(12-18-20(30-4)10-11-21(31-5)22(18)25)23(28)26(24)13-16-6-8-17(29-3)9-7-16/h6-12H,13-14H2,1-5H3. The van der Waals surface area contributed by atoms with Gasteiger partial charge in [-0.1, -0.05) is 12.1 Å². The largest absolute Gasteiger partial charge is 0.497 e. The second kappa shape index (κ2) is 7.65. The summed E-state index contributed by atoms with van der Waals surface area (Å²) < 4.78 is 18.2. The lowest BCUT2D eigenvalue weighted by Gasteiger charge is -2.44. The minimum atomic E-state index is -1.01. The summed E-state index contributed by atoms with van der Waals surface area (Å²) >= 11 is 0. The molecule has 4 rings (SSSR count). The topological polar surface area (TPSA) is 70.0 Å². The van der Waals surface area contributed by atoms with Crippen molar-refractivity contribution in [3.8, 4) is 17.2 Å². The summed E-state index contributed by atoms with van der Waals surface area (Å²) in [7, 11) is 4.79. The molecular weight excluding hydrogens is 396 g/mol. The molecule has 1 aliphatic rings. The smallest absolute Gasteiger partial charge is 0.271 e. The molecule has 2 heterocycles. The molecule has 1 atom stereocenters. The molecule has 0 saturated heterocycles. The van der Waals surface area contributed by atoms with E-state index in [2.05, 4.69) is 0 Å². The third-order valence-electron chi connectivity index (χ3n) is 6.21. The zero-order valence-electron chi connectivity index (χ0n) is 18.4. The molecule has 7 nitrogen and oxygen atoms in total. The number of amides is 1. The Kier molecular flexibility index (Phi) is 5.13. The first-order valence-corrected chi connectivity index (χ1v) is 10.0. The Bertz CT molecular complexity index is 1160. The Balaban J connectivity index is 1.86. The Morgan fingerprint density at radius 1 is 1.00 bits per heavy atom. The molecule has 1 aliphatic heterocycles. The molecule has 0 fully saturated rings. The summed E-state index contributed by atoms with van der Waals surface area (Å²) in [6, 6.07) is 13.0. The van der Waals surface area contributed by atoms with Crippen molar-refractivity contribution in [1.29, 1.82) is 0 Å². The van der Waals surface area contributed by atoms with Gasteiger partial charge in [0.15, 0.2) is 5.78 Å². The molecule has 1 unspecified atom stereocenters. The Labute approximate surface area is 181 Å². The maximum atomic E-state index is 13.7. The van der Waals surface area contributed by atoms with Gasteiger partial charge in [-0.2, -0.15) is 0 Å². The van der Waals surface area contributed by atoms with Crippen molar-refractivity contribution in [3.05, 3.63) is 53.7 Å². The van der Waals surface area contributed by atoms with Crippen LogP contribution in [0.3, 0.4) is 0 Å². The number of aromatic nitrogens is 1. The van der Waals surface area contributed by atoms with E-state index in [4.69, 9.17) is 14.2 Å². The number of hydrogen-bond acceptors (Lipinski definition) is 5. The SMILES string of the molecule is COc1ccc(CN2C(=O)c3cc4c(OC)ccc(OC)c4n3CC2(C)C(C)=O)cc1. The van der Waals surface area contributed by atoms with E-state index in [0.717, 1.165) is 22.2 Å². The second-order valence-corrected chi connectivity index (χ2v) is 7.92.